The molecule has 0 fully saturated rings. The van der Waals surface area contributed by atoms with E-state index in [1.807, 2.05) is 36.5 Å². The van der Waals surface area contributed by atoms with Crippen molar-refractivity contribution in [3.63, 3.8) is 0 Å². The predicted molar refractivity (Wildman–Crippen MR) is 234 cm³/mol. The van der Waals surface area contributed by atoms with Crippen LogP contribution in [0.5, 0.6) is 0 Å². The molecule has 0 aromatic rings. The van der Waals surface area contributed by atoms with Crippen molar-refractivity contribution in [3.8, 4) is 0 Å². The number of carbonyl (C=O) groups is 2. The first-order chi connectivity index (χ1) is 28.1. The minimum absolute atomic E-state index is 0.126. The van der Waals surface area contributed by atoms with Crippen molar-refractivity contribution in [2.45, 2.75) is 180 Å². The molecule has 4 atom stereocenters. The standard InChI is InChI=1S/C46H79O11P/c1-3-5-7-9-11-12-13-14-15-16-17-18-19-20-24-29-33-37-46(51)57-44(41-56-58(52,53)55-39-43(49)38-47)40-54-45(50)36-32-28-25-21-23-27-31-35-42(48)34-30-26-22-10-8-6-4-2/h11-12,14-15,21-22,25-27,30-31,34,42-44,47-49H,3-10,13,16-20,23-24,28-29,32-33,35-41H2,1-2H3,(H,52,53)/b12-11-,15-14-,25-21+,26-22-,31-27-,34-30-/t42-,43+,44-/m1/s1. The third-order valence-electron chi connectivity index (χ3n) is 8.91. The van der Waals surface area contributed by atoms with Gasteiger partial charge in [-0.1, -0.05) is 145 Å². The van der Waals surface area contributed by atoms with Crippen LogP contribution in [-0.4, -0.2) is 76.9 Å². The second-order valence-corrected chi connectivity index (χ2v) is 16.0. The molecule has 0 rings (SSSR count). The topological polar surface area (TPSA) is 169 Å². The molecule has 0 aromatic heterocycles. The fraction of sp³-hybridized carbons (Fsp3) is 0.696. The Morgan fingerprint density at radius 3 is 1.72 bits per heavy atom. The summed E-state index contributed by atoms with van der Waals surface area (Å²) in [5.41, 5.74) is 0. The van der Waals surface area contributed by atoms with Gasteiger partial charge in [0.1, 0.15) is 12.7 Å². The monoisotopic (exact) mass is 839 g/mol. The Morgan fingerprint density at radius 1 is 0.586 bits per heavy atom. The Morgan fingerprint density at radius 2 is 1.10 bits per heavy atom. The molecular weight excluding hydrogens is 759 g/mol. The van der Waals surface area contributed by atoms with Gasteiger partial charge < -0.3 is 29.7 Å². The van der Waals surface area contributed by atoms with E-state index in [0.717, 1.165) is 44.9 Å². The summed E-state index contributed by atoms with van der Waals surface area (Å²) in [7, 11) is -4.65. The molecule has 0 bridgehead atoms. The smallest absolute Gasteiger partial charge is 0.462 e. The molecule has 12 heteroatoms. The first-order valence-electron chi connectivity index (χ1n) is 22.0. The van der Waals surface area contributed by atoms with Crippen LogP contribution >= 0.6 is 7.82 Å². The third kappa shape index (κ3) is 40.2. The number of rotatable bonds is 40. The molecule has 0 heterocycles. The highest BCUT2D eigenvalue weighted by Gasteiger charge is 2.27. The van der Waals surface area contributed by atoms with Gasteiger partial charge in [-0.25, -0.2) is 4.57 Å². The average molecular weight is 839 g/mol. The van der Waals surface area contributed by atoms with E-state index in [-0.39, 0.29) is 19.4 Å². The van der Waals surface area contributed by atoms with Gasteiger partial charge in [0.15, 0.2) is 6.10 Å². The Kier molecular flexibility index (Phi) is 39.3. The molecule has 0 amide bonds. The highest BCUT2D eigenvalue weighted by Crippen LogP contribution is 2.43. The normalized spacial score (nSPS) is 15.1. The van der Waals surface area contributed by atoms with Crippen molar-refractivity contribution >= 4 is 19.8 Å². The largest absolute Gasteiger partial charge is 0.472 e. The summed E-state index contributed by atoms with van der Waals surface area (Å²) in [4.78, 5) is 35.0. The lowest BCUT2D eigenvalue weighted by Crippen LogP contribution is -2.29. The van der Waals surface area contributed by atoms with Crippen LogP contribution < -0.4 is 0 Å². The number of carbonyl (C=O) groups excluding carboxylic acids is 2. The number of hydrogen-bond acceptors (Lipinski definition) is 10. The van der Waals surface area contributed by atoms with Crippen molar-refractivity contribution in [1.29, 1.82) is 0 Å². The maximum atomic E-state index is 12.6. The van der Waals surface area contributed by atoms with Gasteiger partial charge in [0.05, 0.1) is 25.9 Å². The fourth-order valence-electron chi connectivity index (χ4n) is 5.45. The second-order valence-electron chi connectivity index (χ2n) is 14.6. The number of esters is 2. The molecule has 0 spiro atoms. The summed E-state index contributed by atoms with van der Waals surface area (Å²) in [5, 5.41) is 28.4. The van der Waals surface area contributed by atoms with Crippen LogP contribution in [-0.2, 0) is 32.7 Å². The van der Waals surface area contributed by atoms with E-state index in [0.29, 0.717) is 32.1 Å². The van der Waals surface area contributed by atoms with Crippen molar-refractivity contribution in [2.24, 2.45) is 0 Å². The number of allylic oxidation sites excluding steroid dienone is 10. The number of phosphoric acid groups is 1. The molecule has 58 heavy (non-hydrogen) atoms. The highest BCUT2D eigenvalue weighted by molar-refractivity contribution is 7.47. The summed E-state index contributed by atoms with van der Waals surface area (Å²) in [6.45, 7) is 2.15. The van der Waals surface area contributed by atoms with Gasteiger partial charge in [-0.15, -0.1) is 0 Å². The minimum Gasteiger partial charge on any atom is -0.462 e. The third-order valence-corrected chi connectivity index (χ3v) is 9.86. The van der Waals surface area contributed by atoms with Crippen LogP contribution in [0, 0.1) is 0 Å². The molecule has 0 aromatic carbocycles. The fourth-order valence-corrected chi connectivity index (χ4v) is 6.24. The van der Waals surface area contributed by atoms with E-state index >= 15 is 0 Å². The van der Waals surface area contributed by atoms with Gasteiger partial charge in [0.25, 0.3) is 0 Å². The quantitative estimate of drug-likeness (QED) is 0.0152. The predicted octanol–water partition coefficient (Wildman–Crippen LogP) is 10.6. The van der Waals surface area contributed by atoms with Gasteiger partial charge in [-0.2, -0.15) is 0 Å². The summed E-state index contributed by atoms with van der Waals surface area (Å²) >= 11 is 0. The first-order valence-corrected chi connectivity index (χ1v) is 23.5. The van der Waals surface area contributed by atoms with Crippen LogP contribution in [0.4, 0.5) is 0 Å². The van der Waals surface area contributed by atoms with E-state index < -0.39 is 57.9 Å². The van der Waals surface area contributed by atoms with Crippen molar-refractivity contribution < 1.29 is 52.9 Å². The van der Waals surface area contributed by atoms with E-state index in [1.165, 1.54) is 57.8 Å². The lowest BCUT2D eigenvalue weighted by Gasteiger charge is -2.20. The zero-order valence-electron chi connectivity index (χ0n) is 35.8. The molecule has 0 saturated heterocycles. The molecule has 0 aliphatic carbocycles. The molecule has 1 unspecified atom stereocenters. The Hall–Kier alpha value is -2.63. The number of aliphatic hydroxyl groups excluding tert-OH is 3. The summed E-state index contributed by atoms with van der Waals surface area (Å²) < 4.78 is 32.6. The van der Waals surface area contributed by atoms with Crippen LogP contribution in [0.2, 0.25) is 0 Å². The van der Waals surface area contributed by atoms with Crippen LogP contribution in [0.25, 0.3) is 0 Å². The SMILES string of the molecule is CCCCC/C=C\C=C/[C@@H](O)C/C=C\C/C=C/CCCC(=O)OC[C@H](COP(=O)(O)OC[C@@H](O)CO)OC(=O)CCCCCCCCC/C=C\C/C=C\CCCCC. The van der Waals surface area contributed by atoms with E-state index in [9.17, 15) is 29.3 Å². The van der Waals surface area contributed by atoms with Crippen LogP contribution in [0.3, 0.4) is 0 Å². The molecule has 11 nitrogen and oxygen atoms in total. The molecule has 334 valence electrons. The van der Waals surface area contributed by atoms with Gasteiger partial charge in [0.2, 0.25) is 0 Å². The lowest BCUT2D eigenvalue weighted by molar-refractivity contribution is -0.161. The van der Waals surface area contributed by atoms with Crippen LogP contribution in [0.1, 0.15) is 162 Å². The molecule has 4 N–H and O–H groups in total. The zero-order valence-corrected chi connectivity index (χ0v) is 36.7. The summed E-state index contributed by atoms with van der Waals surface area (Å²) in [6, 6.07) is 0. The van der Waals surface area contributed by atoms with Crippen molar-refractivity contribution in [1.82, 2.24) is 0 Å². The summed E-state index contributed by atoms with van der Waals surface area (Å²) in [5.74, 6) is -1.05. The van der Waals surface area contributed by atoms with Gasteiger partial charge >= 0.3 is 19.8 Å². The number of ether oxygens (including phenoxy) is 2. The lowest BCUT2D eigenvalue weighted by atomic mass is 10.1. The minimum atomic E-state index is -4.65. The maximum Gasteiger partial charge on any atom is 0.472 e. The Balaban J connectivity index is 4.46. The van der Waals surface area contributed by atoms with Crippen LogP contribution in [0.15, 0.2) is 72.9 Å². The maximum absolute atomic E-state index is 12.6. The van der Waals surface area contributed by atoms with Gasteiger partial charge in [-0.3, -0.25) is 18.6 Å². The van der Waals surface area contributed by atoms with Gasteiger partial charge in [0, 0.05) is 12.8 Å². The number of phosphoric ester groups is 1. The number of unbranched alkanes of at least 4 members (excludes halogenated alkanes) is 14. The van der Waals surface area contributed by atoms with E-state index in [4.69, 9.17) is 19.1 Å². The molecule has 0 aliphatic rings. The molecule has 0 saturated carbocycles. The zero-order chi connectivity index (χ0) is 42.8. The second kappa shape index (κ2) is 41.1. The highest BCUT2D eigenvalue weighted by atomic mass is 31.2. The Labute approximate surface area is 351 Å². The average Bonchev–Trinajstić information content (AvgIpc) is 3.21. The van der Waals surface area contributed by atoms with Crippen molar-refractivity contribution in [2.75, 3.05) is 26.4 Å². The molecule has 0 aliphatic heterocycles. The van der Waals surface area contributed by atoms with E-state index in [1.54, 1.807) is 6.08 Å². The van der Waals surface area contributed by atoms with Gasteiger partial charge in [-0.05, 0) is 77.0 Å². The Bertz CT molecular complexity index is 1210. The molecular formula is C46H79O11P. The van der Waals surface area contributed by atoms with E-state index in [2.05, 4.69) is 48.8 Å². The summed E-state index contributed by atoms with van der Waals surface area (Å²) in [6.07, 6.45) is 43.2. The van der Waals surface area contributed by atoms with Crippen molar-refractivity contribution in [3.05, 3.63) is 72.9 Å². The first kappa shape index (κ1) is 55.4. The number of aliphatic hydroxyl groups is 3. The molecule has 0 radical (unpaired) electrons. The number of hydrogen-bond donors (Lipinski definition) is 4.